The second kappa shape index (κ2) is 11.4. The molecule has 3 N–H and O–H groups in total. The summed E-state index contributed by atoms with van der Waals surface area (Å²) in [5.41, 5.74) is 1.96. The van der Waals surface area contributed by atoms with Crippen LogP contribution in [0.25, 0.3) is 33.6 Å². The molecule has 2 amide bonds. The monoisotopic (exact) mass is 633 g/mol. The van der Waals surface area contributed by atoms with Crippen LogP contribution < -0.4 is 16.0 Å². The Morgan fingerprint density at radius 3 is 2.70 bits per heavy atom. The first-order chi connectivity index (χ1) is 22.3. The molecule has 2 aliphatic heterocycles. The lowest BCUT2D eigenvalue weighted by Crippen LogP contribution is -2.52. The molecular formula is C34H38F3N7O2. The maximum absolute atomic E-state index is 16.0. The van der Waals surface area contributed by atoms with E-state index in [0.717, 1.165) is 67.4 Å². The van der Waals surface area contributed by atoms with E-state index in [4.69, 9.17) is 9.97 Å². The van der Waals surface area contributed by atoms with Gasteiger partial charge in [-0.05, 0) is 82.2 Å². The lowest BCUT2D eigenvalue weighted by molar-refractivity contribution is -0.123. The molecule has 9 nitrogen and oxygen atoms in total. The second-order valence-corrected chi connectivity index (χ2v) is 13.6. The van der Waals surface area contributed by atoms with Gasteiger partial charge in [0.1, 0.15) is 17.3 Å². The molecule has 5 atom stereocenters. The van der Waals surface area contributed by atoms with Crippen LogP contribution in [0.5, 0.6) is 0 Å². The molecule has 2 saturated carbocycles. The van der Waals surface area contributed by atoms with Crippen LogP contribution in [0.1, 0.15) is 86.4 Å². The first kappa shape index (κ1) is 29.5. The maximum atomic E-state index is 16.0. The molecule has 4 aromatic rings. The van der Waals surface area contributed by atoms with Gasteiger partial charge in [0.15, 0.2) is 17.5 Å². The van der Waals surface area contributed by atoms with Crippen molar-refractivity contribution in [1.82, 2.24) is 35.1 Å². The average Bonchev–Trinajstić information content (AvgIpc) is 3.96. The van der Waals surface area contributed by atoms with Crippen molar-refractivity contribution in [3.05, 3.63) is 47.2 Å². The zero-order valence-electron chi connectivity index (χ0n) is 25.8. The number of imidazole rings is 1. The molecule has 0 unspecified atom stereocenters. The zero-order valence-corrected chi connectivity index (χ0v) is 25.8. The van der Waals surface area contributed by atoms with Crippen LogP contribution in [0.4, 0.5) is 13.2 Å². The van der Waals surface area contributed by atoms with Crippen LogP contribution >= 0.6 is 0 Å². The minimum Gasteiger partial charge on any atom is -0.348 e. The third-order valence-corrected chi connectivity index (χ3v) is 10.2. The molecule has 242 valence electrons. The summed E-state index contributed by atoms with van der Waals surface area (Å²) >= 11 is 0. The summed E-state index contributed by atoms with van der Waals surface area (Å²) in [5, 5.41) is 9.60. The summed E-state index contributed by atoms with van der Waals surface area (Å²) in [6.07, 6.45) is 5.46. The predicted molar refractivity (Wildman–Crippen MR) is 167 cm³/mol. The van der Waals surface area contributed by atoms with Crippen LogP contribution in [0.3, 0.4) is 0 Å². The molecule has 4 aliphatic rings. The number of aromatic nitrogens is 4. The summed E-state index contributed by atoms with van der Waals surface area (Å²) in [7, 11) is 0. The molecule has 12 heteroatoms. The molecule has 3 fully saturated rings. The SMILES string of the molecule is C[C@H]1NC(=O)[C@@H]2C[C@H]2CCCCCn2c(-c3nc4cc(C(=O)N[C@H]5CNCC[C@@H]5F)c(F)c(F)c4n3C3CC3)cc3ccc1nc32. The van der Waals surface area contributed by atoms with Crippen LogP contribution in [-0.2, 0) is 11.3 Å². The van der Waals surface area contributed by atoms with Gasteiger partial charge in [-0.3, -0.25) is 9.59 Å². The van der Waals surface area contributed by atoms with E-state index >= 15 is 8.78 Å². The predicted octanol–water partition coefficient (Wildman–Crippen LogP) is 5.48. The number of aryl methyl sites for hydroxylation is 1. The van der Waals surface area contributed by atoms with Gasteiger partial charge in [-0.25, -0.2) is 23.1 Å². The molecule has 8 rings (SSSR count). The van der Waals surface area contributed by atoms with Crippen molar-refractivity contribution >= 4 is 33.9 Å². The van der Waals surface area contributed by atoms with E-state index in [2.05, 4.69) is 20.5 Å². The van der Waals surface area contributed by atoms with Gasteiger partial charge in [0.25, 0.3) is 5.91 Å². The normalized spacial score (nSPS) is 27.0. The van der Waals surface area contributed by atoms with Crippen molar-refractivity contribution in [3.8, 4) is 11.5 Å². The molecule has 2 aliphatic carbocycles. The van der Waals surface area contributed by atoms with Gasteiger partial charge in [0.2, 0.25) is 5.91 Å². The lowest BCUT2D eigenvalue weighted by atomic mass is 10.0. The Bertz CT molecular complexity index is 1860. The van der Waals surface area contributed by atoms with Crippen molar-refractivity contribution in [1.29, 1.82) is 0 Å². The van der Waals surface area contributed by atoms with Crippen molar-refractivity contribution in [2.75, 3.05) is 13.1 Å². The Kier molecular flexibility index (Phi) is 7.30. The number of fused-ring (bicyclic) bond motifs is 3. The van der Waals surface area contributed by atoms with Gasteiger partial charge in [-0.2, -0.15) is 0 Å². The van der Waals surface area contributed by atoms with Crippen LogP contribution in [0.15, 0.2) is 24.3 Å². The number of piperidine rings is 1. The van der Waals surface area contributed by atoms with Gasteiger partial charge in [-0.1, -0.05) is 12.8 Å². The number of rotatable bonds is 4. The van der Waals surface area contributed by atoms with Gasteiger partial charge in [0, 0.05) is 30.4 Å². The zero-order chi connectivity index (χ0) is 31.7. The fourth-order valence-corrected chi connectivity index (χ4v) is 7.37. The molecular weight excluding hydrogens is 595 g/mol. The number of nitrogens with one attached hydrogen (secondary N) is 3. The number of nitrogens with zero attached hydrogens (tertiary/aromatic N) is 4. The number of pyridine rings is 1. The average molecular weight is 634 g/mol. The minimum absolute atomic E-state index is 0.0252. The van der Waals surface area contributed by atoms with Crippen LogP contribution in [0, 0.1) is 23.5 Å². The van der Waals surface area contributed by atoms with E-state index in [1.807, 2.05) is 25.1 Å². The van der Waals surface area contributed by atoms with E-state index in [1.165, 1.54) is 6.07 Å². The van der Waals surface area contributed by atoms with Crippen LogP contribution in [-0.4, -0.2) is 56.2 Å². The first-order valence-corrected chi connectivity index (χ1v) is 16.6. The van der Waals surface area contributed by atoms with Gasteiger partial charge in [-0.15, -0.1) is 0 Å². The van der Waals surface area contributed by atoms with E-state index in [-0.39, 0.29) is 47.9 Å². The summed E-state index contributed by atoms with van der Waals surface area (Å²) in [5.74, 6) is -2.13. The molecule has 1 saturated heterocycles. The Morgan fingerprint density at radius 2 is 1.89 bits per heavy atom. The molecule has 2 bridgehead atoms. The molecule has 0 spiro atoms. The molecule has 3 aromatic heterocycles. The number of hydrogen-bond donors (Lipinski definition) is 3. The first-order valence-electron chi connectivity index (χ1n) is 16.6. The Labute approximate surface area is 264 Å². The topological polar surface area (TPSA) is 106 Å². The number of alkyl halides is 1. The molecule has 1 aromatic carbocycles. The van der Waals surface area contributed by atoms with E-state index in [1.54, 1.807) is 4.57 Å². The third-order valence-electron chi connectivity index (χ3n) is 10.2. The fourth-order valence-electron chi connectivity index (χ4n) is 7.37. The molecule has 0 radical (unpaired) electrons. The van der Waals surface area contributed by atoms with Crippen molar-refractivity contribution in [3.63, 3.8) is 0 Å². The van der Waals surface area contributed by atoms with Crippen LogP contribution in [0.2, 0.25) is 0 Å². The smallest absolute Gasteiger partial charge is 0.254 e. The standard InChI is InChI=1S/C34H38F3N7O2/c1-17-24-9-6-19-14-27(43(31(19)40-24)12-4-2-3-5-18-13-21(18)33(45)39-17)32-41-25-15-22(34(46)42-26-16-38-11-10-23(26)35)28(36)29(37)30(25)44(32)20-7-8-20/h6,9,14-15,17-18,20-21,23,26,38H,2-5,7-8,10-13,16H2,1H3,(H,39,45)(H,42,46)/t17-,18-,21-,23+,26+/m1/s1. The van der Waals surface area contributed by atoms with Gasteiger partial charge in [0.05, 0.1) is 34.6 Å². The fraction of sp³-hybridized carbons (Fsp3) is 0.529. The highest BCUT2D eigenvalue weighted by atomic mass is 19.2. The van der Waals surface area contributed by atoms with E-state index in [9.17, 15) is 14.0 Å². The maximum Gasteiger partial charge on any atom is 0.254 e. The number of carbonyl (C=O) groups is 2. The van der Waals surface area contributed by atoms with Crippen molar-refractivity contribution in [2.24, 2.45) is 11.8 Å². The number of hydrogen-bond acceptors (Lipinski definition) is 5. The summed E-state index contributed by atoms with van der Waals surface area (Å²) < 4.78 is 49.9. The molecule has 46 heavy (non-hydrogen) atoms. The largest absolute Gasteiger partial charge is 0.348 e. The van der Waals surface area contributed by atoms with Crippen molar-refractivity contribution in [2.45, 2.75) is 89.1 Å². The Hall–Kier alpha value is -3.93. The lowest BCUT2D eigenvalue weighted by Gasteiger charge is -2.27. The Morgan fingerprint density at radius 1 is 1.04 bits per heavy atom. The van der Waals surface area contributed by atoms with E-state index in [0.29, 0.717) is 24.8 Å². The summed E-state index contributed by atoms with van der Waals surface area (Å²) in [4.78, 5) is 35.8. The summed E-state index contributed by atoms with van der Waals surface area (Å²) in [6, 6.07) is 6.03. The highest BCUT2D eigenvalue weighted by Crippen LogP contribution is 2.45. The minimum atomic E-state index is -1.27. The molecule has 5 heterocycles. The second-order valence-electron chi connectivity index (χ2n) is 13.6. The number of amides is 2. The van der Waals surface area contributed by atoms with Crippen molar-refractivity contribution < 1.29 is 22.8 Å². The Balaban J connectivity index is 1.22. The summed E-state index contributed by atoms with van der Waals surface area (Å²) in [6.45, 7) is 3.32. The highest BCUT2D eigenvalue weighted by molar-refractivity contribution is 5.99. The third kappa shape index (κ3) is 5.14. The number of carbonyl (C=O) groups excluding carboxylic acids is 2. The van der Waals surface area contributed by atoms with E-state index < -0.39 is 35.3 Å². The number of halogens is 3. The quantitative estimate of drug-likeness (QED) is 0.276. The van der Waals surface area contributed by atoms with Gasteiger partial charge >= 0.3 is 0 Å². The number of benzene rings is 1. The highest BCUT2D eigenvalue weighted by Gasteiger charge is 2.42. The van der Waals surface area contributed by atoms with Gasteiger partial charge < -0.3 is 25.1 Å².